The number of rotatable bonds is 4. The Bertz CT molecular complexity index is 600. The summed E-state index contributed by atoms with van der Waals surface area (Å²) < 4.78 is 32.2. The number of hydrogen-bond acceptors (Lipinski definition) is 3. The molecule has 0 amide bonds. The molecule has 0 heterocycles. The topological polar surface area (TPSA) is 38.5 Å². The summed E-state index contributed by atoms with van der Waals surface area (Å²) >= 11 is 0. The van der Waals surface area contributed by atoms with Gasteiger partial charge in [0.05, 0.1) is 18.5 Å². The summed E-state index contributed by atoms with van der Waals surface area (Å²) in [6.45, 7) is 0.411. The predicted molar refractivity (Wildman–Crippen MR) is 75.9 cm³/mol. The first-order valence-corrected chi connectivity index (χ1v) is 6.10. The van der Waals surface area contributed by atoms with Gasteiger partial charge in [-0.1, -0.05) is 12.1 Å². The molecule has 0 aliphatic rings. The van der Waals surface area contributed by atoms with Crippen LogP contribution in [0.2, 0.25) is 0 Å². The molecule has 0 saturated carbocycles. The van der Waals surface area contributed by atoms with Crippen LogP contribution in [0.1, 0.15) is 5.56 Å². The van der Waals surface area contributed by atoms with Crippen molar-refractivity contribution in [2.75, 3.05) is 24.8 Å². The monoisotopic (exact) mass is 278 g/mol. The summed E-state index contributed by atoms with van der Waals surface area (Å²) in [7, 11) is 3.25. The third-order valence-electron chi connectivity index (χ3n) is 3.06. The zero-order valence-electron chi connectivity index (χ0n) is 11.4. The molecule has 0 fully saturated rings. The van der Waals surface area contributed by atoms with Crippen molar-refractivity contribution in [1.82, 2.24) is 0 Å². The van der Waals surface area contributed by atoms with Crippen LogP contribution >= 0.6 is 0 Å². The number of anilines is 2. The molecule has 5 heteroatoms. The highest BCUT2D eigenvalue weighted by atomic mass is 19.2. The van der Waals surface area contributed by atoms with E-state index < -0.39 is 11.6 Å². The van der Waals surface area contributed by atoms with E-state index in [1.807, 2.05) is 24.3 Å². The van der Waals surface area contributed by atoms with E-state index in [1.165, 1.54) is 6.07 Å². The first kappa shape index (κ1) is 14.1. The van der Waals surface area contributed by atoms with E-state index in [1.54, 1.807) is 19.1 Å². The molecule has 2 aromatic carbocycles. The first-order valence-electron chi connectivity index (χ1n) is 6.10. The molecule has 2 rings (SSSR count). The number of methoxy groups -OCH3 is 1. The highest BCUT2D eigenvalue weighted by Crippen LogP contribution is 2.29. The van der Waals surface area contributed by atoms with Crippen molar-refractivity contribution in [2.45, 2.75) is 6.54 Å². The summed E-state index contributed by atoms with van der Waals surface area (Å²) in [5, 5.41) is 0. The Morgan fingerprint density at radius 2 is 1.75 bits per heavy atom. The Balaban J connectivity index is 2.23. The number of nitrogens with two attached hydrogens (primary N) is 1. The van der Waals surface area contributed by atoms with Crippen molar-refractivity contribution >= 4 is 11.4 Å². The van der Waals surface area contributed by atoms with Gasteiger partial charge < -0.3 is 15.4 Å². The second kappa shape index (κ2) is 5.77. The van der Waals surface area contributed by atoms with Gasteiger partial charge in [-0.25, -0.2) is 8.78 Å². The maximum absolute atomic E-state index is 13.8. The Morgan fingerprint density at radius 1 is 1.10 bits per heavy atom. The zero-order valence-corrected chi connectivity index (χ0v) is 11.4. The largest absolute Gasteiger partial charge is 0.497 e. The maximum atomic E-state index is 13.8. The molecule has 0 atom stereocenters. The second-order valence-electron chi connectivity index (χ2n) is 4.50. The number of nitrogens with zero attached hydrogens (tertiary/aromatic N) is 1. The zero-order chi connectivity index (χ0) is 14.7. The van der Waals surface area contributed by atoms with Crippen LogP contribution in [0.5, 0.6) is 5.75 Å². The molecule has 2 N–H and O–H groups in total. The summed E-state index contributed by atoms with van der Waals surface area (Å²) in [5.74, 6) is -1.09. The average Bonchev–Trinajstić information content (AvgIpc) is 2.44. The van der Waals surface area contributed by atoms with Crippen molar-refractivity contribution in [2.24, 2.45) is 0 Å². The van der Waals surface area contributed by atoms with Gasteiger partial charge in [0, 0.05) is 13.6 Å². The van der Waals surface area contributed by atoms with Crippen LogP contribution in [-0.4, -0.2) is 14.2 Å². The van der Waals surface area contributed by atoms with Crippen LogP contribution in [0, 0.1) is 11.6 Å². The quantitative estimate of drug-likeness (QED) is 0.873. The Morgan fingerprint density at radius 3 is 2.35 bits per heavy atom. The van der Waals surface area contributed by atoms with Crippen LogP contribution in [0.15, 0.2) is 36.4 Å². The minimum absolute atomic E-state index is 0.0702. The number of ether oxygens (including phenoxy) is 1. The minimum atomic E-state index is -0.930. The fourth-order valence-corrected chi connectivity index (χ4v) is 2.03. The normalized spacial score (nSPS) is 10.4. The van der Waals surface area contributed by atoms with Gasteiger partial charge in [0.2, 0.25) is 0 Å². The van der Waals surface area contributed by atoms with Gasteiger partial charge in [0.25, 0.3) is 0 Å². The van der Waals surface area contributed by atoms with E-state index in [-0.39, 0.29) is 11.4 Å². The predicted octanol–water partition coefficient (Wildman–Crippen LogP) is 3.19. The van der Waals surface area contributed by atoms with Crippen molar-refractivity contribution in [3.05, 3.63) is 53.6 Å². The third kappa shape index (κ3) is 2.82. The van der Waals surface area contributed by atoms with Gasteiger partial charge in [-0.05, 0) is 29.8 Å². The third-order valence-corrected chi connectivity index (χ3v) is 3.06. The van der Waals surface area contributed by atoms with Gasteiger partial charge in [0.15, 0.2) is 11.6 Å². The number of hydrogen-bond donors (Lipinski definition) is 1. The van der Waals surface area contributed by atoms with E-state index in [0.29, 0.717) is 6.54 Å². The SMILES string of the molecule is COc1ccc(CN(C)c2c(N)ccc(F)c2F)cc1. The molecule has 106 valence electrons. The van der Waals surface area contributed by atoms with E-state index >= 15 is 0 Å². The van der Waals surface area contributed by atoms with E-state index in [2.05, 4.69) is 0 Å². The van der Waals surface area contributed by atoms with Crippen LogP contribution in [0.4, 0.5) is 20.2 Å². The molecular formula is C15H16F2N2O. The Hall–Kier alpha value is -2.30. The summed E-state index contributed by atoms with van der Waals surface area (Å²) in [6, 6.07) is 9.74. The summed E-state index contributed by atoms with van der Waals surface area (Å²) in [6.07, 6.45) is 0. The van der Waals surface area contributed by atoms with Crippen molar-refractivity contribution in [3.8, 4) is 5.75 Å². The molecular weight excluding hydrogens is 262 g/mol. The smallest absolute Gasteiger partial charge is 0.184 e. The van der Waals surface area contributed by atoms with Crippen LogP contribution in [-0.2, 0) is 6.54 Å². The average molecular weight is 278 g/mol. The highest BCUT2D eigenvalue weighted by Gasteiger charge is 2.16. The fourth-order valence-electron chi connectivity index (χ4n) is 2.03. The van der Waals surface area contributed by atoms with Crippen LogP contribution in [0.3, 0.4) is 0 Å². The molecule has 0 aliphatic carbocycles. The van der Waals surface area contributed by atoms with E-state index in [9.17, 15) is 8.78 Å². The molecule has 0 saturated heterocycles. The second-order valence-corrected chi connectivity index (χ2v) is 4.50. The summed E-state index contributed by atoms with van der Waals surface area (Å²) in [5.41, 5.74) is 6.94. The molecule has 3 nitrogen and oxygen atoms in total. The van der Waals surface area contributed by atoms with Crippen molar-refractivity contribution in [1.29, 1.82) is 0 Å². The minimum Gasteiger partial charge on any atom is -0.497 e. The lowest BCUT2D eigenvalue weighted by Gasteiger charge is -2.22. The maximum Gasteiger partial charge on any atom is 0.184 e. The number of halogens is 2. The lowest BCUT2D eigenvalue weighted by molar-refractivity contribution is 0.414. The van der Waals surface area contributed by atoms with E-state index in [0.717, 1.165) is 17.4 Å². The van der Waals surface area contributed by atoms with Crippen molar-refractivity contribution in [3.63, 3.8) is 0 Å². The molecule has 0 aromatic heterocycles. The first-order chi connectivity index (χ1) is 9.52. The van der Waals surface area contributed by atoms with Gasteiger partial charge >= 0.3 is 0 Å². The molecule has 0 radical (unpaired) electrons. The fraction of sp³-hybridized carbons (Fsp3) is 0.200. The molecule has 2 aromatic rings. The Labute approximate surface area is 116 Å². The number of benzene rings is 2. The lowest BCUT2D eigenvalue weighted by atomic mass is 10.1. The Kier molecular flexibility index (Phi) is 4.08. The molecule has 0 unspecified atom stereocenters. The van der Waals surface area contributed by atoms with E-state index in [4.69, 9.17) is 10.5 Å². The molecule has 20 heavy (non-hydrogen) atoms. The van der Waals surface area contributed by atoms with Gasteiger partial charge in [-0.15, -0.1) is 0 Å². The van der Waals surface area contributed by atoms with Gasteiger partial charge in [-0.2, -0.15) is 0 Å². The van der Waals surface area contributed by atoms with Crippen molar-refractivity contribution < 1.29 is 13.5 Å². The van der Waals surface area contributed by atoms with Gasteiger partial charge in [0.1, 0.15) is 5.75 Å². The standard InChI is InChI=1S/C15H16F2N2O/c1-19(9-10-3-5-11(20-2)6-4-10)15-13(18)8-7-12(16)14(15)17/h3-8H,9,18H2,1-2H3. The molecule has 0 bridgehead atoms. The molecule has 0 aliphatic heterocycles. The summed E-state index contributed by atoms with van der Waals surface area (Å²) in [4.78, 5) is 1.58. The van der Waals surface area contributed by atoms with Crippen LogP contribution < -0.4 is 15.4 Å². The number of nitrogen functional groups attached to an aromatic ring is 1. The van der Waals surface area contributed by atoms with Crippen LogP contribution in [0.25, 0.3) is 0 Å². The lowest BCUT2D eigenvalue weighted by Crippen LogP contribution is -2.19. The van der Waals surface area contributed by atoms with Gasteiger partial charge in [-0.3, -0.25) is 0 Å². The highest BCUT2D eigenvalue weighted by molar-refractivity contribution is 5.68. The molecule has 0 spiro atoms.